The zero-order chi connectivity index (χ0) is 13.9. The zero-order valence-corrected chi connectivity index (χ0v) is 12.2. The fourth-order valence-electron chi connectivity index (χ4n) is 2.61. The first-order valence-corrected chi connectivity index (χ1v) is 8.16. The minimum absolute atomic E-state index is 0.0282. The van der Waals surface area contributed by atoms with Crippen LogP contribution in [0.5, 0.6) is 0 Å². The van der Waals surface area contributed by atoms with Crippen molar-refractivity contribution >= 4 is 15.7 Å². The van der Waals surface area contributed by atoms with Gasteiger partial charge >= 0.3 is 0 Å². The maximum Gasteiger partial charge on any atom is 0.260 e. The highest BCUT2D eigenvalue weighted by Gasteiger charge is 2.26. The van der Waals surface area contributed by atoms with Gasteiger partial charge in [0.05, 0.1) is 5.69 Å². The first-order chi connectivity index (χ1) is 9.03. The quantitative estimate of drug-likeness (QED) is 0.886. The van der Waals surface area contributed by atoms with Gasteiger partial charge in [0.25, 0.3) is 10.0 Å². The third-order valence-electron chi connectivity index (χ3n) is 3.55. The number of rotatable bonds is 4. The molecule has 0 aromatic carbocycles. The normalized spacial score (nSPS) is 24.1. The van der Waals surface area contributed by atoms with E-state index in [1.165, 1.54) is 12.6 Å². The van der Waals surface area contributed by atoms with Crippen molar-refractivity contribution in [2.75, 3.05) is 12.4 Å². The topological polar surface area (TPSA) is 71.1 Å². The van der Waals surface area contributed by atoms with Gasteiger partial charge in [0, 0.05) is 19.3 Å². The Balaban J connectivity index is 2.18. The molecule has 6 heteroatoms. The number of sulfonamides is 1. The first-order valence-electron chi connectivity index (χ1n) is 6.68. The van der Waals surface area contributed by atoms with Gasteiger partial charge < -0.3 is 5.32 Å². The summed E-state index contributed by atoms with van der Waals surface area (Å²) >= 11 is 0. The molecule has 0 bridgehead atoms. The molecule has 19 heavy (non-hydrogen) atoms. The van der Waals surface area contributed by atoms with Crippen LogP contribution in [0.1, 0.15) is 32.6 Å². The second-order valence-electron chi connectivity index (χ2n) is 5.20. The van der Waals surface area contributed by atoms with Crippen molar-refractivity contribution in [2.24, 2.45) is 5.92 Å². The predicted molar refractivity (Wildman–Crippen MR) is 75.5 cm³/mol. The van der Waals surface area contributed by atoms with Crippen molar-refractivity contribution < 1.29 is 8.42 Å². The maximum atomic E-state index is 12.4. The summed E-state index contributed by atoms with van der Waals surface area (Å²) in [6.07, 6.45) is 5.57. The molecule has 1 aromatic heterocycles. The summed E-state index contributed by atoms with van der Waals surface area (Å²) in [7, 11) is -1.86. The lowest BCUT2D eigenvalue weighted by Gasteiger charge is -2.27. The maximum absolute atomic E-state index is 12.4. The molecule has 0 amide bonds. The summed E-state index contributed by atoms with van der Waals surface area (Å²) < 4.78 is 27.5. The third-order valence-corrected chi connectivity index (χ3v) is 5.03. The Bertz CT molecular complexity index is 530. The molecule has 0 saturated heterocycles. The summed E-state index contributed by atoms with van der Waals surface area (Å²) in [5, 5.41) is 2.95. The number of anilines is 1. The molecule has 1 aromatic rings. The van der Waals surface area contributed by atoms with Crippen LogP contribution in [0.3, 0.4) is 0 Å². The van der Waals surface area contributed by atoms with E-state index in [0.717, 1.165) is 19.3 Å². The molecule has 106 valence electrons. The van der Waals surface area contributed by atoms with Crippen LogP contribution in [-0.2, 0) is 10.0 Å². The highest BCUT2D eigenvalue weighted by Crippen LogP contribution is 2.25. The number of nitrogens with one attached hydrogen (secondary N) is 2. The summed E-state index contributed by atoms with van der Waals surface area (Å²) in [5.74, 6) is 0.578. The fraction of sp³-hybridized carbons (Fsp3) is 0.615. The van der Waals surface area contributed by atoms with Gasteiger partial charge in [-0.25, -0.2) is 18.1 Å². The van der Waals surface area contributed by atoms with E-state index < -0.39 is 10.0 Å². The summed E-state index contributed by atoms with van der Waals surface area (Å²) in [6, 6.07) is 3.46. The Morgan fingerprint density at radius 2 is 2.16 bits per heavy atom. The standard InChI is InChI=1S/C13H21N3O2S/c1-10-5-3-6-11(9-10)16-19(17,18)13-12(14-2)7-4-8-15-13/h4,7-8,10-11,14,16H,3,5-6,9H2,1-2H3. The number of aromatic nitrogens is 1. The average molecular weight is 283 g/mol. The molecule has 2 rings (SSSR count). The Kier molecular flexibility index (Phi) is 4.42. The van der Waals surface area contributed by atoms with Crippen LogP contribution in [0, 0.1) is 5.92 Å². The summed E-state index contributed by atoms with van der Waals surface area (Å²) in [6.45, 7) is 2.17. The minimum Gasteiger partial charge on any atom is -0.386 e. The number of pyridine rings is 1. The number of hydrogen-bond donors (Lipinski definition) is 2. The van der Waals surface area contributed by atoms with Gasteiger partial charge in [-0.1, -0.05) is 19.8 Å². The van der Waals surface area contributed by atoms with Crippen LogP contribution in [0.25, 0.3) is 0 Å². The number of hydrogen-bond acceptors (Lipinski definition) is 4. The van der Waals surface area contributed by atoms with Crippen molar-refractivity contribution in [1.82, 2.24) is 9.71 Å². The molecule has 1 aliphatic rings. The molecule has 2 atom stereocenters. The van der Waals surface area contributed by atoms with E-state index in [9.17, 15) is 8.42 Å². The van der Waals surface area contributed by atoms with E-state index in [1.807, 2.05) is 0 Å². The van der Waals surface area contributed by atoms with E-state index in [-0.39, 0.29) is 11.1 Å². The largest absolute Gasteiger partial charge is 0.386 e. The van der Waals surface area contributed by atoms with E-state index >= 15 is 0 Å². The molecule has 1 saturated carbocycles. The summed E-state index contributed by atoms with van der Waals surface area (Å²) in [5.41, 5.74) is 0.527. The Hall–Kier alpha value is -1.14. The third kappa shape index (κ3) is 3.45. The van der Waals surface area contributed by atoms with Crippen molar-refractivity contribution in [3.63, 3.8) is 0 Å². The van der Waals surface area contributed by atoms with E-state index in [4.69, 9.17) is 0 Å². The average Bonchev–Trinajstić information content (AvgIpc) is 2.38. The van der Waals surface area contributed by atoms with Gasteiger partial charge in [-0.05, 0) is 30.9 Å². The lowest BCUT2D eigenvalue weighted by Crippen LogP contribution is -2.38. The predicted octanol–water partition coefficient (Wildman–Crippen LogP) is 1.98. The molecule has 0 spiro atoms. The molecule has 1 aliphatic carbocycles. The van der Waals surface area contributed by atoms with Crippen molar-refractivity contribution in [1.29, 1.82) is 0 Å². The molecule has 2 unspecified atom stereocenters. The van der Waals surface area contributed by atoms with Crippen molar-refractivity contribution in [3.05, 3.63) is 18.3 Å². The molecular weight excluding hydrogens is 262 g/mol. The SMILES string of the molecule is CNc1cccnc1S(=O)(=O)NC1CCCC(C)C1. The Labute approximate surface area is 114 Å². The molecule has 2 N–H and O–H groups in total. The smallest absolute Gasteiger partial charge is 0.260 e. The number of nitrogens with zero attached hydrogens (tertiary/aromatic N) is 1. The van der Waals surface area contributed by atoms with E-state index in [1.54, 1.807) is 19.2 Å². The second kappa shape index (κ2) is 5.88. The second-order valence-corrected chi connectivity index (χ2v) is 6.83. The first kappa shape index (κ1) is 14.3. The van der Waals surface area contributed by atoms with Gasteiger partial charge in [-0.2, -0.15) is 0 Å². The van der Waals surface area contributed by atoms with Crippen LogP contribution in [-0.4, -0.2) is 26.5 Å². The Morgan fingerprint density at radius 3 is 2.84 bits per heavy atom. The summed E-state index contributed by atoms with van der Waals surface area (Å²) in [4.78, 5) is 3.99. The fourth-order valence-corrected chi connectivity index (χ4v) is 4.04. The van der Waals surface area contributed by atoms with Gasteiger partial charge in [0.1, 0.15) is 0 Å². The van der Waals surface area contributed by atoms with Gasteiger partial charge in [-0.15, -0.1) is 0 Å². The van der Waals surface area contributed by atoms with Crippen LogP contribution in [0.4, 0.5) is 5.69 Å². The molecule has 1 heterocycles. The molecular formula is C13H21N3O2S. The van der Waals surface area contributed by atoms with E-state index in [2.05, 4.69) is 21.9 Å². The lowest BCUT2D eigenvalue weighted by molar-refractivity contribution is 0.327. The van der Waals surface area contributed by atoms with Gasteiger partial charge in [-0.3, -0.25) is 0 Å². The highest BCUT2D eigenvalue weighted by atomic mass is 32.2. The van der Waals surface area contributed by atoms with Gasteiger partial charge in [0.2, 0.25) is 0 Å². The molecule has 0 aliphatic heterocycles. The zero-order valence-electron chi connectivity index (χ0n) is 11.4. The van der Waals surface area contributed by atoms with Gasteiger partial charge in [0.15, 0.2) is 5.03 Å². The monoisotopic (exact) mass is 283 g/mol. The molecule has 5 nitrogen and oxygen atoms in total. The van der Waals surface area contributed by atoms with Crippen LogP contribution in [0.15, 0.2) is 23.4 Å². The van der Waals surface area contributed by atoms with Crippen molar-refractivity contribution in [3.8, 4) is 0 Å². The van der Waals surface area contributed by atoms with Crippen LogP contribution in [0.2, 0.25) is 0 Å². The lowest BCUT2D eigenvalue weighted by atomic mass is 9.88. The highest BCUT2D eigenvalue weighted by molar-refractivity contribution is 7.89. The molecule has 0 radical (unpaired) electrons. The van der Waals surface area contributed by atoms with E-state index in [0.29, 0.717) is 11.6 Å². The van der Waals surface area contributed by atoms with Crippen LogP contribution < -0.4 is 10.0 Å². The minimum atomic E-state index is -3.55. The Morgan fingerprint density at radius 1 is 1.37 bits per heavy atom. The van der Waals surface area contributed by atoms with Crippen molar-refractivity contribution in [2.45, 2.75) is 43.7 Å². The van der Waals surface area contributed by atoms with Crippen LogP contribution >= 0.6 is 0 Å². The molecule has 1 fully saturated rings.